The average molecular weight is 322 g/mol. The molecule has 0 radical (unpaired) electrons. The predicted molar refractivity (Wildman–Crippen MR) is 79.0 cm³/mol. The first-order valence-corrected chi connectivity index (χ1v) is 6.67. The Bertz CT molecular complexity index is 672. The van der Waals surface area contributed by atoms with Crippen LogP contribution in [0, 0.1) is 33.1 Å². The van der Waals surface area contributed by atoms with Crippen LogP contribution in [-0.4, -0.2) is 20.6 Å². The molecular weight excluding hydrogens is 306 g/mol. The van der Waals surface area contributed by atoms with Gasteiger partial charge in [-0.25, -0.2) is 9.67 Å². The van der Waals surface area contributed by atoms with E-state index in [0.29, 0.717) is 11.4 Å². The summed E-state index contributed by atoms with van der Waals surface area (Å²) < 4.78 is 2.68. The van der Waals surface area contributed by atoms with Gasteiger partial charge in [0.05, 0.1) is 21.4 Å². The van der Waals surface area contributed by atoms with Crippen molar-refractivity contribution in [1.82, 2.24) is 14.8 Å². The summed E-state index contributed by atoms with van der Waals surface area (Å²) in [4.78, 5) is 4.50. The molecule has 0 saturated heterocycles. The Hall–Kier alpha value is -1.69. The maximum Gasteiger partial charge on any atom is 0.165 e. The van der Waals surface area contributed by atoms with Crippen molar-refractivity contribution in [1.29, 1.82) is 5.41 Å². The number of nitrogens with one attached hydrogen (secondary N) is 1. The van der Waals surface area contributed by atoms with Crippen LogP contribution in [0.5, 0.6) is 0 Å². The fourth-order valence-electron chi connectivity index (χ4n) is 2.13. The molecule has 0 aliphatic heterocycles. The van der Waals surface area contributed by atoms with Crippen molar-refractivity contribution in [2.75, 3.05) is 0 Å². The molecule has 19 heavy (non-hydrogen) atoms. The van der Waals surface area contributed by atoms with Crippen LogP contribution < -0.4 is 5.73 Å². The van der Waals surface area contributed by atoms with E-state index < -0.39 is 0 Å². The zero-order valence-electron chi connectivity index (χ0n) is 11.4. The van der Waals surface area contributed by atoms with E-state index >= 15 is 0 Å². The highest BCUT2D eigenvalue weighted by molar-refractivity contribution is 9.10. The summed E-state index contributed by atoms with van der Waals surface area (Å²) in [7, 11) is 0. The lowest BCUT2D eigenvalue weighted by Gasteiger charge is -2.13. The Morgan fingerprint density at radius 1 is 1.32 bits per heavy atom. The lowest BCUT2D eigenvalue weighted by molar-refractivity contribution is 0.797. The van der Waals surface area contributed by atoms with E-state index in [0.717, 1.165) is 27.1 Å². The van der Waals surface area contributed by atoms with Crippen LogP contribution in [-0.2, 0) is 0 Å². The third-order valence-corrected chi connectivity index (χ3v) is 4.15. The Kier molecular flexibility index (Phi) is 3.45. The van der Waals surface area contributed by atoms with Crippen molar-refractivity contribution in [2.45, 2.75) is 27.7 Å². The van der Waals surface area contributed by atoms with Gasteiger partial charge in [-0.3, -0.25) is 5.41 Å². The van der Waals surface area contributed by atoms with Gasteiger partial charge in [-0.2, -0.15) is 5.10 Å². The number of halogens is 1. The molecule has 0 aromatic carbocycles. The smallest absolute Gasteiger partial charge is 0.165 e. The van der Waals surface area contributed by atoms with Gasteiger partial charge in [-0.05, 0) is 55.3 Å². The maximum atomic E-state index is 7.75. The number of nitrogens with two attached hydrogens (primary N) is 1. The van der Waals surface area contributed by atoms with E-state index in [2.05, 4.69) is 26.0 Å². The first kappa shape index (κ1) is 13.7. The van der Waals surface area contributed by atoms with E-state index in [9.17, 15) is 0 Å². The largest absolute Gasteiger partial charge is 0.384 e. The number of nitrogen functional groups attached to an aromatic ring is 1. The highest BCUT2D eigenvalue weighted by Gasteiger charge is 2.18. The van der Waals surface area contributed by atoms with Crippen molar-refractivity contribution in [3.63, 3.8) is 0 Å². The number of amidine groups is 1. The number of aromatic nitrogens is 3. The number of rotatable bonds is 2. The first-order chi connectivity index (χ1) is 8.82. The van der Waals surface area contributed by atoms with Gasteiger partial charge in [0, 0.05) is 5.69 Å². The van der Waals surface area contributed by atoms with Crippen LogP contribution in [0.3, 0.4) is 0 Å². The zero-order chi connectivity index (χ0) is 14.3. The summed E-state index contributed by atoms with van der Waals surface area (Å²) in [5.74, 6) is 0.611. The number of nitrogens with zero attached hydrogens (tertiary/aromatic N) is 3. The second kappa shape index (κ2) is 4.77. The molecule has 0 aliphatic carbocycles. The number of hydrogen-bond donors (Lipinski definition) is 2. The average Bonchev–Trinajstić information content (AvgIpc) is 2.55. The molecule has 3 N–H and O–H groups in total. The van der Waals surface area contributed by atoms with Crippen molar-refractivity contribution in [3.8, 4) is 5.82 Å². The molecule has 0 atom stereocenters. The molecule has 6 heteroatoms. The molecule has 5 nitrogen and oxygen atoms in total. The van der Waals surface area contributed by atoms with Gasteiger partial charge in [-0.1, -0.05) is 0 Å². The highest BCUT2D eigenvalue weighted by Crippen LogP contribution is 2.25. The van der Waals surface area contributed by atoms with E-state index in [4.69, 9.17) is 11.1 Å². The van der Waals surface area contributed by atoms with E-state index in [-0.39, 0.29) is 5.84 Å². The third-order valence-electron chi connectivity index (χ3n) is 3.00. The Balaban J connectivity index is 2.81. The maximum absolute atomic E-state index is 7.75. The number of aryl methyl sites for hydroxylation is 3. The molecule has 2 rings (SSSR count). The molecule has 0 fully saturated rings. The normalized spacial score (nSPS) is 10.8. The standard InChI is InChI=1S/C13H16BrN5/c1-6-5-7(2)17-13(10(6)12(15)16)19-9(4)11(14)8(3)18-19/h5H,1-4H3,(H3,15,16). The lowest BCUT2D eigenvalue weighted by atomic mass is 10.1. The predicted octanol–water partition coefficient (Wildman–Crippen LogP) is 2.55. The molecule has 2 aromatic heterocycles. The Labute approximate surface area is 120 Å². The van der Waals surface area contributed by atoms with Crippen molar-refractivity contribution < 1.29 is 0 Å². The molecule has 2 aromatic rings. The number of hydrogen-bond acceptors (Lipinski definition) is 3. The SMILES string of the molecule is Cc1cc(C)c(C(=N)N)c(-n2nc(C)c(Br)c2C)n1. The summed E-state index contributed by atoms with van der Waals surface area (Å²) in [6.45, 7) is 7.72. The van der Waals surface area contributed by atoms with Crippen LogP contribution in [0.2, 0.25) is 0 Å². The van der Waals surface area contributed by atoms with Crippen molar-refractivity contribution in [2.24, 2.45) is 5.73 Å². The van der Waals surface area contributed by atoms with Gasteiger partial charge in [0.1, 0.15) is 5.84 Å². The minimum Gasteiger partial charge on any atom is -0.384 e. The second-order valence-electron chi connectivity index (χ2n) is 4.59. The number of pyridine rings is 1. The molecular formula is C13H16BrN5. The van der Waals surface area contributed by atoms with Crippen LogP contribution in [0.4, 0.5) is 0 Å². The van der Waals surface area contributed by atoms with E-state index in [1.807, 2.05) is 33.8 Å². The van der Waals surface area contributed by atoms with E-state index in [1.54, 1.807) is 4.68 Å². The molecule has 0 saturated carbocycles. The minimum atomic E-state index is 0.00340. The fraction of sp³-hybridized carbons (Fsp3) is 0.308. The molecule has 0 unspecified atom stereocenters. The van der Waals surface area contributed by atoms with Gasteiger partial charge in [0.25, 0.3) is 0 Å². The summed E-state index contributed by atoms with van der Waals surface area (Å²) in [5, 5.41) is 12.2. The summed E-state index contributed by atoms with van der Waals surface area (Å²) in [6.07, 6.45) is 0. The molecule has 0 bridgehead atoms. The van der Waals surface area contributed by atoms with Crippen LogP contribution in [0.25, 0.3) is 5.82 Å². The quantitative estimate of drug-likeness (QED) is 0.658. The molecule has 100 valence electrons. The Morgan fingerprint density at radius 2 is 1.95 bits per heavy atom. The topological polar surface area (TPSA) is 80.6 Å². The van der Waals surface area contributed by atoms with Gasteiger partial charge in [0.2, 0.25) is 0 Å². The van der Waals surface area contributed by atoms with Crippen molar-refractivity contribution in [3.05, 3.63) is 38.7 Å². The fourth-order valence-corrected chi connectivity index (χ4v) is 2.38. The summed E-state index contributed by atoms with van der Waals surface area (Å²) >= 11 is 3.50. The van der Waals surface area contributed by atoms with Gasteiger partial charge < -0.3 is 5.73 Å². The molecule has 2 heterocycles. The van der Waals surface area contributed by atoms with Gasteiger partial charge in [0.15, 0.2) is 5.82 Å². The van der Waals surface area contributed by atoms with Crippen LogP contribution in [0.1, 0.15) is 28.2 Å². The van der Waals surface area contributed by atoms with Crippen LogP contribution in [0.15, 0.2) is 10.5 Å². The van der Waals surface area contributed by atoms with Gasteiger partial charge in [-0.15, -0.1) is 0 Å². The zero-order valence-corrected chi connectivity index (χ0v) is 13.0. The lowest BCUT2D eigenvalue weighted by Crippen LogP contribution is -2.19. The second-order valence-corrected chi connectivity index (χ2v) is 5.38. The molecule has 0 spiro atoms. The Morgan fingerprint density at radius 3 is 2.42 bits per heavy atom. The van der Waals surface area contributed by atoms with Crippen molar-refractivity contribution >= 4 is 21.8 Å². The molecule has 0 amide bonds. The first-order valence-electron chi connectivity index (χ1n) is 5.87. The third kappa shape index (κ3) is 2.28. The summed E-state index contributed by atoms with van der Waals surface area (Å²) in [5.41, 5.74) is 9.95. The molecule has 0 aliphatic rings. The van der Waals surface area contributed by atoms with E-state index in [1.165, 1.54) is 0 Å². The monoisotopic (exact) mass is 321 g/mol. The highest BCUT2D eigenvalue weighted by atomic mass is 79.9. The summed E-state index contributed by atoms with van der Waals surface area (Å²) in [6, 6.07) is 1.92. The minimum absolute atomic E-state index is 0.00340. The van der Waals surface area contributed by atoms with Gasteiger partial charge >= 0.3 is 0 Å². The van der Waals surface area contributed by atoms with Crippen LogP contribution >= 0.6 is 15.9 Å².